The van der Waals surface area contributed by atoms with Gasteiger partial charge in [-0.2, -0.15) is 0 Å². The molecule has 1 fully saturated rings. The first-order valence-electron chi connectivity index (χ1n) is 6.36. The summed E-state index contributed by atoms with van der Waals surface area (Å²) in [5.74, 6) is 0.0579. The zero-order valence-corrected chi connectivity index (χ0v) is 12.0. The van der Waals surface area contributed by atoms with E-state index in [1.807, 2.05) is 19.1 Å². The quantitative estimate of drug-likeness (QED) is 0.889. The molecule has 2 N–H and O–H groups in total. The molecule has 0 aromatic heterocycles. The number of hydrogen-bond donors (Lipinski definition) is 2. The number of halogens is 1. The summed E-state index contributed by atoms with van der Waals surface area (Å²) in [6, 6.07) is 5.44. The van der Waals surface area contributed by atoms with Crippen molar-refractivity contribution in [3.63, 3.8) is 0 Å². The Morgan fingerprint density at radius 2 is 2.32 bits per heavy atom. The number of hydrogen-bond acceptors (Lipinski definition) is 3. The number of nitrogens with zero attached hydrogens (tertiary/aromatic N) is 1. The number of aliphatic hydroxyl groups is 1. The van der Waals surface area contributed by atoms with Gasteiger partial charge in [0, 0.05) is 36.4 Å². The van der Waals surface area contributed by atoms with E-state index in [-0.39, 0.29) is 17.9 Å². The monoisotopic (exact) mass is 282 g/mol. The topological polar surface area (TPSA) is 52.6 Å². The fourth-order valence-electron chi connectivity index (χ4n) is 2.62. The Morgan fingerprint density at radius 1 is 1.58 bits per heavy atom. The van der Waals surface area contributed by atoms with Crippen molar-refractivity contribution in [2.75, 3.05) is 25.0 Å². The lowest BCUT2D eigenvalue weighted by atomic mass is 9.89. The van der Waals surface area contributed by atoms with E-state index in [1.54, 1.807) is 13.1 Å². The molecule has 1 aliphatic rings. The second-order valence-corrected chi connectivity index (χ2v) is 5.68. The molecule has 0 radical (unpaired) electrons. The number of amides is 1. The molecule has 104 valence electrons. The summed E-state index contributed by atoms with van der Waals surface area (Å²) in [6.45, 7) is 3.37. The molecule has 0 aliphatic carbocycles. The smallest absolute Gasteiger partial charge is 0.227 e. The fraction of sp³-hybridized carbons (Fsp3) is 0.500. The predicted octanol–water partition coefficient (Wildman–Crippen LogP) is 1.79. The van der Waals surface area contributed by atoms with E-state index < -0.39 is 0 Å². The minimum Gasteiger partial charge on any atom is -0.392 e. The minimum absolute atomic E-state index is 0.0281. The molecule has 1 saturated heterocycles. The summed E-state index contributed by atoms with van der Waals surface area (Å²) in [4.78, 5) is 14.0. The zero-order valence-electron chi connectivity index (χ0n) is 11.2. The van der Waals surface area contributed by atoms with Crippen molar-refractivity contribution < 1.29 is 9.90 Å². The van der Waals surface area contributed by atoms with E-state index in [0.717, 1.165) is 24.2 Å². The largest absolute Gasteiger partial charge is 0.392 e. The molecule has 1 aromatic carbocycles. The van der Waals surface area contributed by atoms with Crippen molar-refractivity contribution in [1.82, 2.24) is 5.32 Å². The maximum atomic E-state index is 11.9. The Morgan fingerprint density at radius 3 is 2.95 bits per heavy atom. The molecule has 1 aliphatic heterocycles. The number of rotatable bonds is 3. The van der Waals surface area contributed by atoms with Crippen molar-refractivity contribution in [3.05, 3.63) is 28.8 Å². The molecule has 19 heavy (non-hydrogen) atoms. The average molecular weight is 283 g/mol. The molecular weight excluding hydrogens is 264 g/mol. The molecule has 0 spiro atoms. The highest BCUT2D eigenvalue weighted by atomic mass is 35.5. The van der Waals surface area contributed by atoms with Gasteiger partial charge in [-0.1, -0.05) is 17.7 Å². The van der Waals surface area contributed by atoms with Gasteiger partial charge in [-0.05, 0) is 25.5 Å². The van der Waals surface area contributed by atoms with Crippen LogP contribution in [0.4, 0.5) is 5.69 Å². The van der Waals surface area contributed by atoms with Crippen LogP contribution in [0.5, 0.6) is 0 Å². The molecule has 1 amide bonds. The third-order valence-corrected chi connectivity index (χ3v) is 4.04. The molecule has 0 bridgehead atoms. The van der Waals surface area contributed by atoms with E-state index >= 15 is 0 Å². The molecule has 1 aromatic rings. The number of nitrogens with one attached hydrogen (secondary N) is 1. The lowest BCUT2D eigenvalue weighted by molar-refractivity contribution is -0.128. The first-order chi connectivity index (χ1) is 9.00. The third-order valence-electron chi connectivity index (χ3n) is 3.81. The van der Waals surface area contributed by atoms with Crippen LogP contribution in [0.25, 0.3) is 0 Å². The maximum Gasteiger partial charge on any atom is 0.227 e. The number of aliphatic hydroxyl groups excluding tert-OH is 1. The van der Waals surface area contributed by atoms with Crippen LogP contribution in [-0.4, -0.2) is 31.2 Å². The van der Waals surface area contributed by atoms with Gasteiger partial charge >= 0.3 is 0 Å². The maximum absolute atomic E-state index is 11.9. The van der Waals surface area contributed by atoms with Crippen molar-refractivity contribution in [3.8, 4) is 0 Å². The summed E-state index contributed by atoms with van der Waals surface area (Å²) in [5, 5.41) is 12.8. The molecule has 0 saturated carbocycles. The highest BCUT2D eigenvalue weighted by Gasteiger charge is 2.40. The van der Waals surface area contributed by atoms with Gasteiger partial charge in [0.15, 0.2) is 0 Å². The molecule has 5 heteroatoms. The van der Waals surface area contributed by atoms with E-state index in [2.05, 4.69) is 10.2 Å². The highest BCUT2D eigenvalue weighted by molar-refractivity contribution is 6.30. The summed E-state index contributed by atoms with van der Waals surface area (Å²) < 4.78 is 0. The van der Waals surface area contributed by atoms with Crippen LogP contribution in [0, 0.1) is 5.41 Å². The lowest BCUT2D eigenvalue weighted by Gasteiger charge is -2.25. The first kappa shape index (κ1) is 14.2. The van der Waals surface area contributed by atoms with Crippen LogP contribution in [0.3, 0.4) is 0 Å². The number of anilines is 1. The van der Waals surface area contributed by atoms with Gasteiger partial charge in [0.2, 0.25) is 5.91 Å². The summed E-state index contributed by atoms with van der Waals surface area (Å²) in [6.07, 6.45) is 0.796. The Kier molecular flexibility index (Phi) is 4.02. The van der Waals surface area contributed by atoms with Crippen LogP contribution in [-0.2, 0) is 11.4 Å². The van der Waals surface area contributed by atoms with Gasteiger partial charge in [-0.15, -0.1) is 0 Å². The van der Waals surface area contributed by atoms with E-state index in [4.69, 9.17) is 11.6 Å². The number of carbonyl (C=O) groups excluding carboxylic acids is 1. The molecule has 1 unspecified atom stereocenters. The van der Waals surface area contributed by atoms with E-state index in [1.165, 1.54) is 0 Å². The number of carbonyl (C=O) groups is 1. The highest BCUT2D eigenvalue weighted by Crippen LogP contribution is 2.35. The van der Waals surface area contributed by atoms with Crippen LogP contribution in [0.2, 0.25) is 5.02 Å². The normalized spacial score (nSPS) is 22.6. The van der Waals surface area contributed by atoms with Crippen LogP contribution >= 0.6 is 11.6 Å². The molecule has 2 rings (SSSR count). The third kappa shape index (κ3) is 2.69. The van der Waals surface area contributed by atoms with E-state index in [9.17, 15) is 9.90 Å². The van der Waals surface area contributed by atoms with Crippen LogP contribution in [0.15, 0.2) is 18.2 Å². The average Bonchev–Trinajstić information content (AvgIpc) is 2.81. The van der Waals surface area contributed by atoms with Gasteiger partial charge in [0.1, 0.15) is 0 Å². The minimum atomic E-state index is -0.385. The Hall–Kier alpha value is -1.26. The fourth-order valence-corrected chi connectivity index (χ4v) is 2.79. The van der Waals surface area contributed by atoms with Crippen LogP contribution in [0.1, 0.15) is 18.9 Å². The van der Waals surface area contributed by atoms with Crippen molar-refractivity contribution in [1.29, 1.82) is 0 Å². The first-order valence-corrected chi connectivity index (χ1v) is 6.74. The molecular formula is C14H19ClN2O2. The van der Waals surface area contributed by atoms with Crippen molar-refractivity contribution in [2.24, 2.45) is 5.41 Å². The van der Waals surface area contributed by atoms with Gasteiger partial charge in [-0.25, -0.2) is 0 Å². The summed E-state index contributed by atoms with van der Waals surface area (Å²) in [5.41, 5.74) is 1.37. The van der Waals surface area contributed by atoms with Crippen molar-refractivity contribution in [2.45, 2.75) is 20.0 Å². The van der Waals surface area contributed by atoms with Gasteiger partial charge < -0.3 is 15.3 Å². The molecule has 4 nitrogen and oxygen atoms in total. The second-order valence-electron chi connectivity index (χ2n) is 5.24. The van der Waals surface area contributed by atoms with Gasteiger partial charge in [0.25, 0.3) is 0 Å². The van der Waals surface area contributed by atoms with Crippen LogP contribution < -0.4 is 10.2 Å². The zero-order chi connectivity index (χ0) is 14.0. The SMILES string of the molecule is CNC(=O)C1(C)CCN(c2cc(Cl)ccc2CO)C1. The second kappa shape index (κ2) is 5.39. The molecule has 1 heterocycles. The van der Waals surface area contributed by atoms with Gasteiger partial charge in [-0.3, -0.25) is 4.79 Å². The van der Waals surface area contributed by atoms with Crippen molar-refractivity contribution >= 4 is 23.2 Å². The summed E-state index contributed by atoms with van der Waals surface area (Å²) >= 11 is 6.03. The Bertz CT molecular complexity index is 492. The molecule has 1 atom stereocenters. The van der Waals surface area contributed by atoms with Gasteiger partial charge in [0.05, 0.1) is 12.0 Å². The Balaban J connectivity index is 2.26. The number of benzene rings is 1. The summed E-state index contributed by atoms with van der Waals surface area (Å²) in [7, 11) is 1.66. The predicted molar refractivity (Wildman–Crippen MR) is 76.4 cm³/mol. The Labute approximate surface area is 118 Å². The van der Waals surface area contributed by atoms with E-state index in [0.29, 0.717) is 11.6 Å². The lowest BCUT2D eigenvalue weighted by Crippen LogP contribution is -2.39. The standard InChI is InChI=1S/C14H19ClN2O2/c1-14(13(19)16-2)5-6-17(9-14)12-7-11(15)4-3-10(12)8-18/h3-4,7,18H,5-6,8-9H2,1-2H3,(H,16,19).